The minimum atomic E-state index is -4.73. The Kier molecular flexibility index (Phi) is 5.83. The van der Waals surface area contributed by atoms with Gasteiger partial charge in [-0.05, 0) is 11.6 Å². The van der Waals surface area contributed by atoms with Crippen molar-refractivity contribution in [3.05, 3.63) is 65.9 Å². The lowest BCUT2D eigenvalue weighted by molar-refractivity contribution is -0.142. The van der Waals surface area contributed by atoms with Gasteiger partial charge in [-0.2, -0.15) is 28.4 Å². The van der Waals surface area contributed by atoms with Crippen molar-refractivity contribution in [2.24, 2.45) is 5.10 Å². The molecule has 4 heterocycles. The highest BCUT2D eigenvalue weighted by molar-refractivity contribution is 5.78. The average Bonchev–Trinajstić information content (AvgIpc) is 3.55. The molecule has 1 saturated heterocycles. The fourth-order valence-electron chi connectivity index (χ4n) is 4.13. The predicted molar refractivity (Wildman–Crippen MR) is 117 cm³/mol. The third kappa shape index (κ3) is 4.40. The van der Waals surface area contributed by atoms with E-state index in [1.165, 1.54) is 5.01 Å². The number of hydrogen-bond acceptors (Lipinski definition) is 6. The second kappa shape index (κ2) is 8.96. The Hall–Kier alpha value is -4.03. The molecule has 0 N–H and O–H groups in total. The fourth-order valence-corrected chi connectivity index (χ4v) is 4.13. The van der Waals surface area contributed by atoms with E-state index in [4.69, 9.17) is 0 Å². The summed E-state index contributed by atoms with van der Waals surface area (Å²) in [6.07, 6.45) is -0.645. The highest BCUT2D eigenvalue weighted by atomic mass is 19.4. The van der Waals surface area contributed by atoms with Crippen LogP contribution in [-0.4, -0.2) is 68.1 Å². The summed E-state index contributed by atoms with van der Waals surface area (Å²) in [6, 6.07) is 9.95. The van der Waals surface area contributed by atoms with Gasteiger partial charge in [-0.1, -0.05) is 30.3 Å². The van der Waals surface area contributed by atoms with Crippen LogP contribution in [0.3, 0.4) is 0 Å². The summed E-state index contributed by atoms with van der Waals surface area (Å²) in [5.74, 6) is -1.57. The van der Waals surface area contributed by atoms with Crippen LogP contribution in [0.25, 0.3) is 5.82 Å². The number of aromatic nitrogens is 4. The van der Waals surface area contributed by atoms with Crippen molar-refractivity contribution in [3.8, 4) is 5.82 Å². The molecule has 9 nitrogen and oxygen atoms in total. The lowest BCUT2D eigenvalue weighted by Crippen LogP contribution is -2.52. The molecule has 2 amide bonds. The summed E-state index contributed by atoms with van der Waals surface area (Å²) in [4.78, 5) is 24.4. The largest absolute Gasteiger partial charge is 0.433 e. The van der Waals surface area contributed by atoms with Crippen LogP contribution in [0, 0.1) is 5.82 Å². The van der Waals surface area contributed by atoms with E-state index < -0.39 is 23.5 Å². The van der Waals surface area contributed by atoms with Crippen LogP contribution in [0.4, 0.5) is 28.3 Å². The van der Waals surface area contributed by atoms with Gasteiger partial charge in [0.05, 0.1) is 18.4 Å². The minimum Gasteiger partial charge on any atom is -0.337 e. The monoisotopic (exact) mass is 488 g/mol. The van der Waals surface area contributed by atoms with E-state index in [2.05, 4.69) is 20.2 Å². The van der Waals surface area contributed by atoms with E-state index in [-0.39, 0.29) is 18.0 Å². The molecular formula is C22H20F4N8O. The van der Waals surface area contributed by atoms with Gasteiger partial charge < -0.3 is 9.80 Å². The molecule has 2 aromatic heterocycles. The molecule has 1 atom stereocenters. The second-order valence-corrected chi connectivity index (χ2v) is 8.03. The lowest BCUT2D eigenvalue weighted by atomic mass is 10.1. The summed E-state index contributed by atoms with van der Waals surface area (Å²) in [6.45, 7) is 1.27. The van der Waals surface area contributed by atoms with Crippen LogP contribution < -0.4 is 4.90 Å². The highest BCUT2D eigenvalue weighted by Gasteiger charge is 2.37. The number of hydrogen-bond donors (Lipinski definition) is 0. The molecule has 0 radical (unpaired) electrons. The maximum Gasteiger partial charge on any atom is 0.433 e. The first-order chi connectivity index (χ1) is 16.8. The van der Waals surface area contributed by atoms with Crippen molar-refractivity contribution in [1.29, 1.82) is 0 Å². The van der Waals surface area contributed by atoms with Gasteiger partial charge in [0.25, 0.3) is 0 Å². The second-order valence-electron chi connectivity index (χ2n) is 8.03. The van der Waals surface area contributed by atoms with Crippen LogP contribution >= 0.6 is 0 Å². The van der Waals surface area contributed by atoms with Crippen molar-refractivity contribution >= 4 is 18.2 Å². The molecule has 0 aliphatic carbocycles. The number of alkyl halides is 3. The number of rotatable bonds is 3. The van der Waals surface area contributed by atoms with Crippen LogP contribution in [0.15, 0.2) is 53.9 Å². The zero-order chi connectivity index (χ0) is 24.6. The summed E-state index contributed by atoms with van der Waals surface area (Å²) in [5.41, 5.74) is -0.156. The maximum atomic E-state index is 14.3. The SMILES string of the molecule is O=C(N1CCN(c2ncc(F)c(-n3nccc3C(F)(F)F)n2)CC1)N1N=CC[C@H]1c1ccccc1. The molecule has 0 bridgehead atoms. The number of hydrazone groups is 1. The zero-order valence-corrected chi connectivity index (χ0v) is 18.3. The number of halogens is 4. The van der Waals surface area contributed by atoms with Gasteiger partial charge in [-0.25, -0.2) is 23.9 Å². The quantitative estimate of drug-likeness (QED) is 0.527. The summed E-state index contributed by atoms with van der Waals surface area (Å²) in [7, 11) is 0. The molecule has 0 spiro atoms. The predicted octanol–water partition coefficient (Wildman–Crippen LogP) is 3.50. The number of urea groups is 1. The van der Waals surface area contributed by atoms with Crippen molar-refractivity contribution < 1.29 is 22.4 Å². The standard InChI is InChI=1S/C22H20F4N8O/c23-16-14-27-20(30-19(16)34-18(7-9-29-34)22(24,25)26)31-10-12-32(13-11-31)21(35)33-17(6-8-28-33)15-4-2-1-3-5-15/h1-5,7-9,14,17H,6,10-13H2/t17-/m0/s1. The van der Waals surface area contributed by atoms with Gasteiger partial charge in [0.2, 0.25) is 5.95 Å². The van der Waals surface area contributed by atoms with Gasteiger partial charge in [0, 0.05) is 38.8 Å². The van der Waals surface area contributed by atoms with Crippen molar-refractivity contribution in [2.75, 3.05) is 31.1 Å². The molecule has 35 heavy (non-hydrogen) atoms. The van der Waals surface area contributed by atoms with Crippen LogP contribution in [0.2, 0.25) is 0 Å². The Morgan fingerprint density at radius 2 is 1.77 bits per heavy atom. The van der Waals surface area contributed by atoms with E-state index in [1.807, 2.05) is 30.3 Å². The number of nitrogens with zero attached hydrogens (tertiary/aromatic N) is 8. The molecule has 0 saturated carbocycles. The number of benzene rings is 1. The number of piperazine rings is 1. The minimum absolute atomic E-state index is 0.0541. The normalized spacial score (nSPS) is 18.4. The number of carbonyl (C=O) groups is 1. The smallest absolute Gasteiger partial charge is 0.337 e. The van der Waals surface area contributed by atoms with E-state index in [1.54, 1.807) is 16.0 Å². The van der Waals surface area contributed by atoms with Crippen molar-refractivity contribution in [2.45, 2.75) is 18.6 Å². The molecule has 182 valence electrons. The van der Waals surface area contributed by atoms with Gasteiger partial charge in [0.15, 0.2) is 11.6 Å². The lowest BCUT2D eigenvalue weighted by Gasteiger charge is -2.37. The molecule has 2 aliphatic heterocycles. The molecular weight excluding hydrogens is 468 g/mol. The van der Waals surface area contributed by atoms with E-state index >= 15 is 0 Å². The van der Waals surface area contributed by atoms with E-state index in [0.29, 0.717) is 37.3 Å². The van der Waals surface area contributed by atoms with Gasteiger partial charge in [0.1, 0.15) is 5.69 Å². The first-order valence-corrected chi connectivity index (χ1v) is 10.9. The fraction of sp³-hybridized carbons (Fsp3) is 0.318. The van der Waals surface area contributed by atoms with Crippen LogP contribution in [0.1, 0.15) is 23.7 Å². The molecule has 1 fully saturated rings. The molecule has 3 aromatic rings. The van der Waals surface area contributed by atoms with Gasteiger partial charge in [-0.3, -0.25) is 0 Å². The molecule has 13 heteroatoms. The first kappa shape index (κ1) is 22.7. The Morgan fingerprint density at radius 3 is 2.49 bits per heavy atom. The van der Waals surface area contributed by atoms with Crippen LogP contribution in [-0.2, 0) is 6.18 Å². The summed E-state index contributed by atoms with van der Waals surface area (Å²) in [5, 5.41) is 9.31. The topological polar surface area (TPSA) is 82.8 Å². The summed E-state index contributed by atoms with van der Waals surface area (Å²) >= 11 is 0. The first-order valence-electron chi connectivity index (χ1n) is 10.9. The van der Waals surface area contributed by atoms with Gasteiger partial charge in [-0.15, -0.1) is 0 Å². The Labute approximate surface area is 197 Å². The third-order valence-electron chi connectivity index (χ3n) is 5.89. The van der Waals surface area contributed by atoms with E-state index in [0.717, 1.165) is 24.0 Å². The van der Waals surface area contributed by atoms with Crippen molar-refractivity contribution in [1.82, 2.24) is 29.7 Å². The molecule has 1 aromatic carbocycles. The van der Waals surface area contributed by atoms with Gasteiger partial charge >= 0.3 is 12.2 Å². The van der Waals surface area contributed by atoms with E-state index in [9.17, 15) is 22.4 Å². The summed E-state index contributed by atoms with van der Waals surface area (Å²) < 4.78 is 54.5. The molecule has 2 aliphatic rings. The average molecular weight is 488 g/mol. The number of amides is 2. The Morgan fingerprint density at radius 1 is 1.03 bits per heavy atom. The zero-order valence-electron chi connectivity index (χ0n) is 18.3. The van der Waals surface area contributed by atoms with Crippen molar-refractivity contribution in [3.63, 3.8) is 0 Å². The number of carbonyl (C=O) groups excluding carboxylic acids is 1. The number of anilines is 1. The molecule has 0 unspecified atom stereocenters. The highest BCUT2D eigenvalue weighted by Crippen LogP contribution is 2.31. The Bertz CT molecular complexity index is 1240. The Balaban J connectivity index is 1.29. The third-order valence-corrected chi connectivity index (χ3v) is 5.89. The van der Waals surface area contributed by atoms with Crippen LogP contribution in [0.5, 0.6) is 0 Å². The maximum absolute atomic E-state index is 14.3. The molecule has 5 rings (SSSR count).